The van der Waals surface area contributed by atoms with Crippen molar-refractivity contribution in [2.24, 2.45) is 5.92 Å². The largest absolute Gasteiger partial charge is 0.497 e. The monoisotopic (exact) mass is 436 g/mol. The maximum absolute atomic E-state index is 11.4. The minimum Gasteiger partial charge on any atom is -0.497 e. The summed E-state index contributed by atoms with van der Waals surface area (Å²) in [5, 5.41) is 0. The van der Waals surface area contributed by atoms with E-state index in [4.69, 9.17) is 14.3 Å². The van der Waals surface area contributed by atoms with Crippen LogP contribution in [-0.4, -0.2) is 19.4 Å². The molecule has 32 heavy (non-hydrogen) atoms. The van der Waals surface area contributed by atoms with Crippen LogP contribution in [0.25, 0.3) is 0 Å². The molecule has 1 aliphatic rings. The first-order valence-corrected chi connectivity index (χ1v) is 11.0. The van der Waals surface area contributed by atoms with E-state index in [9.17, 15) is 4.79 Å². The Balaban J connectivity index is 0.000000769. The number of rotatable bonds is 5. The maximum Gasteiger partial charge on any atom is 0.335 e. The predicted octanol–water partition coefficient (Wildman–Crippen LogP) is 6.68. The molecule has 0 bridgehead atoms. The fraction of sp³-hybridized carbons (Fsp3) is 0.357. The number of carbonyl (C=O) groups is 2. The molecule has 1 fully saturated rings. The number of esters is 1. The van der Waals surface area contributed by atoms with Gasteiger partial charge in [-0.2, -0.15) is 0 Å². The van der Waals surface area contributed by atoms with E-state index >= 15 is 0 Å². The summed E-state index contributed by atoms with van der Waals surface area (Å²) in [5.41, 5.74) is 2.59. The summed E-state index contributed by atoms with van der Waals surface area (Å²) in [6.07, 6.45) is 8.33. The lowest BCUT2D eigenvalue weighted by atomic mass is 9.63. The summed E-state index contributed by atoms with van der Waals surface area (Å²) < 4.78 is 10.5. The molecule has 0 N–H and O–H groups in total. The number of carbonyl (C=O) groups excluding carboxylic acids is 2. The second-order valence-corrected chi connectivity index (χ2v) is 7.79. The Kier molecular flexibility index (Phi) is 11.8. The minimum atomic E-state index is -0.436. The highest BCUT2D eigenvalue weighted by molar-refractivity contribution is 5.83. The van der Waals surface area contributed by atoms with E-state index in [1.807, 2.05) is 31.2 Å². The number of aldehydes is 1. The molecule has 2 aromatic rings. The molecule has 0 atom stereocenters. The summed E-state index contributed by atoms with van der Waals surface area (Å²) in [6.45, 7) is 12.5. The van der Waals surface area contributed by atoms with Crippen LogP contribution in [0.4, 0.5) is 0 Å². The van der Waals surface area contributed by atoms with Crippen molar-refractivity contribution in [1.29, 1.82) is 0 Å². The first-order valence-electron chi connectivity index (χ1n) is 11.0. The van der Waals surface area contributed by atoms with Gasteiger partial charge in [0.15, 0.2) is 0 Å². The molecule has 0 amide bonds. The molecule has 4 heteroatoms. The van der Waals surface area contributed by atoms with Crippen molar-refractivity contribution in [2.45, 2.75) is 51.9 Å². The molecule has 0 aromatic heterocycles. The number of allylic oxidation sites excluding steroid dienone is 1. The molecular formula is C28H36O4. The first-order chi connectivity index (χ1) is 15.4. The summed E-state index contributed by atoms with van der Waals surface area (Å²) in [6, 6.07) is 16.4. The van der Waals surface area contributed by atoms with Crippen molar-refractivity contribution in [3.63, 3.8) is 0 Å². The molecule has 0 saturated heterocycles. The first kappa shape index (κ1) is 26.9. The maximum atomic E-state index is 11.4. The Morgan fingerprint density at radius 3 is 1.72 bits per heavy atom. The highest BCUT2D eigenvalue weighted by Gasteiger charge is 2.37. The van der Waals surface area contributed by atoms with E-state index in [1.54, 1.807) is 13.2 Å². The van der Waals surface area contributed by atoms with Crippen LogP contribution in [0.2, 0.25) is 0 Å². The van der Waals surface area contributed by atoms with Crippen LogP contribution in [0, 0.1) is 5.92 Å². The smallest absolute Gasteiger partial charge is 0.335 e. The van der Waals surface area contributed by atoms with E-state index in [-0.39, 0.29) is 5.41 Å². The van der Waals surface area contributed by atoms with E-state index in [1.165, 1.54) is 37.0 Å². The van der Waals surface area contributed by atoms with Gasteiger partial charge in [0.2, 0.25) is 0 Å². The lowest BCUT2D eigenvalue weighted by molar-refractivity contribution is -0.129. The molecule has 0 heterocycles. The highest BCUT2D eigenvalue weighted by Crippen LogP contribution is 2.47. The molecule has 0 aliphatic heterocycles. The average Bonchev–Trinajstić information content (AvgIpc) is 2.81. The average molecular weight is 437 g/mol. The van der Waals surface area contributed by atoms with Crippen LogP contribution >= 0.6 is 0 Å². The van der Waals surface area contributed by atoms with Crippen LogP contribution in [0.5, 0.6) is 11.5 Å². The van der Waals surface area contributed by atoms with Gasteiger partial charge < -0.3 is 14.3 Å². The molecule has 2 aromatic carbocycles. The van der Waals surface area contributed by atoms with Gasteiger partial charge in [-0.05, 0) is 80.8 Å². The second-order valence-electron chi connectivity index (χ2n) is 7.79. The topological polar surface area (TPSA) is 52.6 Å². The molecule has 1 aliphatic carbocycles. The fourth-order valence-electron chi connectivity index (χ4n) is 3.91. The standard InChI is InChI=1S/C23H26O3.C3H6.C2H4O/c1-4-22(24)26-21-11-7-19(8-12-21)23(15-13-17(2)14-16-23)18-5-9-20(25-3)10-6-18;1-3-2;1-2-3/h4-12,17H,1,13-16H2,2-3H3;3H,1H2,2H3;2H,1H3. The third-order valence-corrected chi connectivity index (χ3v) is 5.56. The van der Waals surface area contributed by atoms with Gasteiger partial charge in [-0.3, -0.25) is 0 Å². The zero-order chi connectivity index (χ0) is 24.0. The van der Waals surface area contributed by atoms with Crippen LogP contribution in [0.1, 0.15) is 57.6 Å². The zero-order valence-electron chi connectivity index (χ0n) is 19.8. The number of benzene rings is 2. The number of hydrogen-bond acceptors (Lipinski definition) is 4. The third-order valence-electron chi connectivity index (χ3n) is 5.56. The summed E-state index contributed by atoms with van der Waals surface area (Å²) in [4.78, 5) is 20.2. The summed E-state index contributed by atoms with van der Waals surface area (Å²) in [7, 11) is 1.69. The highest BCUT2D eigenvalue weighted by atomic mass is 16.5. The van der Waals surface area contributed by atoms with Crippen molar-refractivity contribution >= 4 is 12.3 Å². The van der Waals surface area contributed by atoms with E-state index in [0.717, 1.165) is 30.8 Å². The molecule has 3 rings (SSSR count). The Morgan fingerprint density at radius 2 is 1.34 bits per heavy atom. The molecule has 0 radical (unpaired) electrons. The van der Waals surface area contributed by atoms with Crippen molar-refractivity contribution in [3.05, 3.63) is 85.0 Å². The molecule has 172 valence electrons. The molecule has 1 saturated carbocycles. The lowest BCUT2D eigenvalue weighted by Gasteiger charge is -2.40. The van der Waals surface area contributed by atoms with Crippen LogP contribution < -0.4 is 9.47 Å². The zero-order valence-corrected chi connectivity index (χ0v) is 19.8. The fourth-order valence-corrected chi connectivity index (χ4v) is 3.91. The van der Waals surface area contributed by atoms with E-state index in [2.05, 4.69) is 44.3 Å². The molecule has 4 nitrogen and oxygen atoms in total. The van der Waals surface area contributed by atoms with Gasteiger partial charge in [0.05, 0.1) is 7.11 Å². The second kappa shape index (κ2) is 14.0. The Hall–Kier alpha value is -3.14. The SMILES string of the molecule is C=CC.C=CC(=O)Oc1ccc(C2(c3ccc(OC)cc3)CCC(C)CC2)cc1.CC=O. The molecular weight excluding hydrogens is 400 g/mol. The minimum absolute atomic E-state index is 0.000241. The van der Waals surface area contributed by atoms with Crippen molar-refractivity contribution in [3.8, 4) is 11.5 Å². The van der Waals surface area contributed by atoms with Crippen LogP contribution in [0.3, 0.4) is 0 Å². The Bertz CT molecular complexity index is 836. The van der Waals surface area contributed by atoms with Crippen LogP contribution in [0.15, 0.2) is 73.8 Å². The van der Waals surface area contributed by atoms with Gasteiger partial charge in [-0.25, -0.2) is 4.79 Å². The number of ether oxygens (including phenoxy) is 2. The predicted molar refractivity (Wildman–Crippen MR) is 131 cm³/mol. The molecule has 0 spiro atoms. The Morgan fingerprint density at radius 1 is 0.938 bits per heavy atom. The van der Waals surface area contributed by atoms with Gasteiger partial charge in [0.25, 0.3) is 0 Å². The van der Waals surface area contributed by atoms with Crippen molar-refractivity contribution in [2.75, 3.05) is 7.11 Å². The number of methoxy groups -OCH3 is 1. The third kappa shape index (κ3) is 7.52. The number of hydrogen-bond donors (Lipinski definition) is 0. The Labute approximate surface area is 193 Å². The van der Waals surface area contributed by atoms with Gasteiger partial charge in [-0.1, -0.05) is 43.8 Å². The van der Waals surface area contributed by atoms with Crippen molar-refractivity contribution < 1.29 is 19.1 Å². The van der Waals surface area contributed by atoms with Crippen molar-refractivity contribution in [1.82, 2.24) is 0 Å². The normalized spacial score (nSPS) is 19.1. The van der Waals surface area contributed by atoms with Gasteiger partial charge in [0.1, 0.15) is 17.8 Å². The van der Waals surface area contributed by atoms with Gasteiger partial charge in [0, 0.05) is 11.5 Å². The van der Waals surface area contributed by atoms with E-state index in [0.29, 0.717) is 5.75 Å². The van der Waals surface area contributed by atoms with E-state index < -0.39 is 5.97 Å². The summed E-state index contributed by atoms with van der Waals surface area (Å²) >= 11 is 0. The van der Waals surface area contributed by atoms with Crippen LogP contribution in [-0.2, 0) is 15.0 Å². The quantitative estimate of drug-likeness (QED) is 0.172. The molecule has 0 unspecified atom stereocenters. The lowest BCUT2D eigenvalue weighted by Crippen LogP contribution is -2.32. The summed E-state index contributed by atoms with van der Waals surface area (Å²) in [5.74, 6) is 1.75. The van der Waals surface area contributed by atoms with Gasteiger partial charge >= 0.3 is 5.97 Å². The van der Waals surface area contributed by atoms with Gasteiger partial charge in [-0.15, -0.1) is 6.58 Å².